The van der Waals surface area contributed by atoms with Crippen molar-refractivity contribution >= 4 is 23.2 Å². The minimum absolute atomic E-state index is 0.00283. The Kier molecular flexibility index (Phi) is 5.21. The highest BCUT2D eigenvalue weighted by molar-refractivity contribution is 6.33. The van der Waals surface area contributed by atoms with Crippen LogP contribution in [0.25, 0.3) is 11.4 Å². The van der Waals surface area contributed by atoms with E-state index in [2.05, 4.69) is 15.4 Å². The fraction of sp³-hybridized carbons (Fsp3) is 0.263. The first-order valence-corrected chi connectivity index (χ1v) is 9.29. The highest BCUT2D eigenvalue weighted by Gasteiger charge is 2.23. The summed E-state index contributed by atoms with van der Waals surface area (Å²) < 4.78 is 13.9. The number of amides is 1. The molecule has 0 atom stereocenters. The smallest absolute Gasteiger partial charge is 0.246 e. The van der Waals surface area contributed by atoms with E-state index in [4.69, 9.17) is 11.6 Å². The second-order valence-corrected chi connectivity index (χ2v) is 6.85. The van der Waals surface area contributed by atoms with Crippen LogP contribution in [0.4, 0.5) is 10.1 Å². The van der Waals surface area contributed by atoms with E-state index in [1.165, 1.54) is 10.9 Å². The van der Waals surface area contributed by atoms with Crippen molar-refractivity contribution in [2.45, 2.75) is 6.54 Å². The van der Waals surface area contributed by atoms with Gasteiger partial charge in [-0.2, -0.15) is 4.80 Å². The summed E-state index contributed by atoms with van der Waals surface area (Å²) in [6.07, 6.45) is 0. The third-order valence-electron chi connectivity index (χ3n) is 4.67. The lowest BCUT2D eigenvalue weighted by atomic mass is 10.2. The van der Waals surface area contributed by atoms with Crippen LogP contribution in [0.1, 0.15) is 0 Å². The van der Waals surface area contributed by atoms with Crippen molar-refractivity contribution in [2.24, 2.45) is 0 Å². The number of anilines is 1. The quantitative estimate of drug-likeness (QED) is 0.673. The van der Waals surface area contributed by atoms with Gasteiger partial charge in [0.2, 0.25) is 11.7 Å². The van der Waals surface area contributed by atoms with Crippen LogP contribution in [0, 0.1) is 5.82 Å². The minimum atomic E-state index is -0.249. The van der Waals surface area contributed by atoms with Gasteiger partial charge >= 0.3 is 0 Å². The number of aromatic nitrogens is 4. The van der Waals surface area contributed by atoms with Crippen LogP contribution in [-0.2, 0) is 11.3 Å². The third kappa shape index (κ3) is 3.82. The maximum Gasteiger partial charge on any atom is 0.246 e. The van der Waals surface area contributed by atoms with Crippen LogP contribution < -0.4 is 4.90 Å². The summed E-state index contributed by atoms with van der Waals surface area (Å²) in [6.45, 7) is 2.17. The molecular weight excluding hydrogens is 383 g/mol. The Hall–Kier alpha value is -3.00. The molecule has 1 aromatic heterocycles. The monoisotopic (exact) mass is 400 g/mol. The number of hydrogen-bond acceptors (Lipinski definition) is 5. The average molecular weight is 401 g/mol. The molecule has 7 nitrogen and oxygen atoms in total. The fourth-order valence-corrected chi connectivity index (χ4v) is 3.41. The number of halogens is 2. The lowest BCUT2D eigenvalue weighted by molar-refractivity contribution is -0.132. The van der Waals surface area contributed by atoms with Crippen molar-refractivity contribution in [2.75, 3.05) is 31.1 Å². The number of tetrazole rings is 1. The molecule has 28 heavy (non-hydrogen) atoms. The van der Waals surface area contributed by atoms with Crippen molar-refractivity contribution in [1.82, 2.24) is 25.1 Å². The molecule has 2 aromatic carbocycles. The summed E-state index contributed by atoms with van der Waals surface area (Å²) in [4.78, 5) is 17.5. The van der Waals surface area contributed by atoms with Gasteiger partial charge in [-0.25, -0.2) is 4.39 Å². The second-order valence-electron chi connectivity index (χ2n) is 6.44. The standard InChI is InChI=1S/C19H18ClFN6O/c20-15-6-2-1-5-14(15)19-22-24-27(23-19)13-18(28)26-11-9-25(10-12-26)17-8-4-3-7-16(17)21/h1-8H,9-13H2. The minimum Gasteiger partial charge on any atom is -0.366 e. The molecule has 0 radical (unpaired) electrons. The van der Waals surface area contributed by atoms with Gasteiger partial charge in [-0.1, -0.05) is 35.9 Å². The molecule has 1 fully saturated rings. The Morgan fingerprint density at radius 3 is 2.50 bits per heavy atom. The van der Waals surface area contributed by atoms with Gasteiger partial charge in [-0.15, -0.1) is 10.2 Å². The molecule has 1 aliphatic rings. The van der Waals surface area contributed by atoms with E-state index in [-0.39, 0.29) is 18.3 Å². The molecule has 0 N–H and O–H groups in total. The van der Waals surface area contributed by atoms with E-state index in [1.807, 2.05) is 23.1 Å². The van der Waals surface area contributed by atoms with Gasteiger partial charge in [-0.05, 0) is 29.5 Å². The predicted octanol–water partition coefficient (Wildman–Crippen LogP) is 2.48. The molecule has 1 amide bonds. The number of carbonyl (C=O) groups is 1. The van der Waals surface area contributed by atoms with Crippen molar-refractivity contribution in [3.8, 4) is 11.4 Å². The van der Waals surface area contributed by atoms with Crippen molar-refractivity contribution in [3.63, 3.8) is 0 Å². The van der Waals surface area contributed by atoms with Crippen LogP contribution in [-0.4, -0.2) is 57.2 Å². The largest absolute Gasteiger partial charge is 0.366 e. The lowest BCUT2D eigenvalue weighted by Crippen LogP contribution is -2.50. The molecule has 2 heterocycles. The first-order valence-electron chi connectivity index (χ1n) is 8.92. The van der Waals surface area contributed by atoms with Gasteiger partial charge in [-0.3, -0.25) is 4.79 Å². The number of para-hydroxylation sites is 1. The summed E-state index contributed by atoms with van der Waals surface area (Å²) in [6, 6.07) is 13.9. The number of rotatable bonds is 4. The molecule has 4 rings (SSSR count). The average Bonchev–Trinajstić information content (AvgIpc) is 3.17. The maximum absolute atomic E-state index is 13.9. The number of piperazine rings is 1. The van der Waals surface area contributed by atoms with E-state index in [0.29, 0.717) is 48.3 Å². The van der Waals surface area contributed by atoms with Gasteiger partial charge in [0.05, 0.1) is 10.7 Å². The first-order chi connectivity index (χ1) is 13.6. The summed E-state index contributed by atoms with van der Waals surface area (Å²) >= 11 is 6.15. The summed E-state index contributed by atoms with van der Waals surface area (Å²) in [5.41, 5.74) is 1.23. The fourth-order valence-electron chi connectivity index (χ4n) is 3.19. The molecule has 9 heteroatoms. The topological polar surface area (TPSA) is 67.2 Å². The van der Waals surface area contributed by atoms with Gasteiger partial charge in [0.15, 0.2) is 0 Å². The van der Waals surface area contributed by atoms with Crippen molar-refractivity contribution in [1.29, 1.82) is 0 Å². The summed E-state index contributed by atoms with van der Waals surface area (Å²) in [7, 11) is 0. The van der Waals surface area contributed by atoms with Crippen LogP contribution in [0.3, 0.4) is 0 Å². The SMILES string of the molecule is O=C(Cn1nnc(-c2ccccc2Cl)n1)N1CCN(c2ccccc2F)CC1. The van der Waals surface area contributed by atoms with E-state index in [9.17, 15) is 9.18 Å². The van der Waals surface area contributed by atoms with E-state index in [0.717, 1.165) is 0 Å². The summed E-state index contributed by atoms with van der Waals surface area (Å²) in [5.74, 6) is 0.0280. The van der Waals surface area contributed by atoms with E-state index in [1.54, 1.807) is 29.2 Å². The van der Waals surface area contributed by atoms with Gasteiger partial charge in [0.25, 0.3) is 0 Å². The van der Waals surface area contributed by atoms with Crippen LogP contribution in [0.2, 0.25) is 5.02 Å². The zero-order chi connectivity index (χ0) is 19.5. The zero-order valence-electron chi connectivity index (χ0n) is 15.0. The van der Waals surface area contributed by atoms with Gasteiger partial charge < -0.3 is 9.80 Å². The molecule has 0 spiro atoms. The molecule has 0 saturated carbocycles. The van der Waals surface area contributed by atoms with Crippen molar-refractivity contribution in [3.05, 3.63) is 59.4 Å². The van der Waals surface area contributed by atoms with Crippen LogP contribution in [0.5, 0.6) is 0 Å². The molecular formula is C19H18ClFN6O. The number of nitrogens with zero attached hydrogens (tertiary/aromatic N) is 6. The number of carbonyl (C=O) groups excluding carboxylic acids is 1. The normalized spacial score (nSPS) is 14.4. The van der Waals surface area contributed by atoms with Crippen LogP contribution >= 0.6 is 11.6 Å². The van der Waals surface area contributed by atoms with Gasteiger partial charge in [0, 0.05) is 31.7 Å². The molecule has 144 valence electrons. The Labute approximate surface area is 166 Å². The first kappa shape index (κ1) is 18.4. The lowest BCUT2D eigenvalue weighted by Gasteiger charge is -2.36. The molecule has 0 unspecified atom stereocenters. The Morgan fingerprint density at radius 1 is 1.04 bits per heavy atom. The highest BCUT2D eigenvalue weighted by atomic mass is 35.5. The molecule has 3 aromatic rings. The van der Waals surface area contributed by atoms with Gasteiger partial charge in [0.1, 0.15) is 12.4 Å². The number of hydrogen-bond donors (Lipinski definition) is 0. The number of benzene rings is 2. The highest BCUT2D eigenvalue weighted by Crippen LogP contribution is 2.23. The maximum atomic E-state index is 13.9. The third-order valence-corrected chi connectivity index (χ3v) is 5.00. The Balaban J connectivity index is 1.37. The summed E-state index contributed by atoms with van der Waals surface area (Å²) in [5, 5.41) is 12.7. The van der Waals surface area contributed by atoms with Crippen LogP contribution in [0.15, 0.2) is 48.5 Å². The Bertz CT molecular complexity index is 986. The molecule has 0 bridgehead atoms. The molecule has 0 aliphatic carbocycles. The van der Waals surface area contributed by atoms with E-state index >= 15 is 0 Å². The van der Waals surface area contributed by atoms with E-state index < -0.39 is 0 Å². The molecule has 1 saturated heterocycles. The Morgan fingerprint density at radius 2 is 1.75 bits per heavy atom. The predicted molar refractivity (Wildman–Crippen MR) is 103 cm³/mol. The zero-order valence-corrected chi connectivity index (χ0v) is 15.8. The van der Waals surface area contributed by atoms with Crippen molar-refractivity contribution < 1.29 is 9.18 Å². The molecule has 1 aliphatic heterocycles. The second kappa shape index (κ2) is 7.93.